The highest BCUT2D eigenvalue weighted by atomic mass is 16.5. The second-order valence-electron chi connectivity index (χ2n) is 9.03. The first-order valence-corrected chi connectivity index (χ1v) is 11.3. The first-order chi connectivity index (χ1) is 15.5. The van der Waals surface area contributed by atoms with E-state index in [0.717, 1.165) is 25.1 Å². The van der Waals surface area contributed by atoms with Crippen molar-refractivity contribution in [3.63, 3.8) is 0 Å². The molecule has 8 nitrogen and oxygen atoms in total. The molecule has 1 N–H and O–H groups in total. The Morgan fingerprint density at radius 3 is 2.59 bits per heavy atom. The number of amides is 1. The van der Waals surface area contributed by atoms with Crippen molar-refractivity contribution in [2.24, 2.45) is 5.92 Å². The zero-order valence-electron chi connectivity index (χ0n) is 18.7. The van der Waals surface area contributed by atoms with Crippen LogP contribution < -0.4 is 10.5 Å². The molecule has 2 aliphatic rings. The number of piperidine rings is 1. The van der Waals surface area contributed by atoms with Crippen molar-refractivity contribution >= 4 is 11.7 Å². The second-order valence-corrected chi connectivity index (χ2v) is 9.03. The number of nitrogens with zero attached hydrogens (tertiary/aromatic N) is 4. The van der Waals surface area contributed by atoms with E-state index in [-0.39, 0.29) is 18.0 Å². The third-order valence-electron chi connectivity index (χ3n) is 6.53. The van der Waals surface area contributed by atoms with Gasteiger partial charge >= 0.3 is 0 Å². The van der Waals surface area contributed by atoms with E-state index in [9.17, 15) is 14.7 Å². The lowest BCUT2D eigenvalue weighted by Crippen LogP contribution is -2.50. The molecule has 0 saturated carbocycles. The molecule has 3 heterocycles. The normalized spacial score (nSPS) is 18.4. The highest BCUT2D eigenvalue weighted by molar-refractivity contribution is 5.76. The van der Waals surface area contributed by atoms with Gasteiger partial charge < -0.3 is 19.6 Å². The van der Waals surface area contributed by atoms with Gasteiger partial charge in [0.05, 0.1) is 25.1 Å². The Hall–Kier alpha value is -2.71. The van der Waals surface area contributed by atoms with Crippen molar-refractivity contribution in [3.05, 3.63) is 58.6 Å². The summed E-state index contributed by atoms with van der Waals surface area (Å²) in [6, 6.07) is 11.5. The van der Waals surface area contributed by atoms with E-state index < -0.39 is 5.60 Å². The number of carbonyl (C=O) groups excluding carboxylic acids is 1. The lowest BCUT2D eigenvalue weighted by Gasteiger charge is -2.40. The lowest BCUT2D eigenvalue weighted by atomic mass is 9.91. The molecule has 0 radical (unpaired) electrons. The fourth-order valence-corrected chi connectivity index (χ4v) is 4.51. The Morgan fingerprint density at radius 1 is 1.22 bits per heavy atom. The van der Waals surface area contributed by atoms with Crippen LogP contribution in [0.3, 0.4) is 0 Å². The summed E-state index contributed by atoms with van der Waals surface area (Å²) in [7, 11) is 1.69. The molecule has 1 aromatic carbocycles. The van der Waals surface area contributed by atoms with Crippen molar-refractivity contribution in [1.82, 2.24) is 14.5 Å². The number of hydrogen-bond donors (Lipinski definition) is 1. The first-order valence-electron chi connectivity index (χ1n) is 11.3. The van der Waals surface area contributed by atoms with Gasteiger partial charge in [0.1, 0.15) is 5.82 Å². The molecule has 4 rings (SSSR count). The van der Waals surface area contributed by atoms with E-state index in [1.165, 1.54) is 17.0 Å². The highest BCUT2D eigenvalue weighted by Gasteiger charge is 2.35. The van der Waals surface area contributed by atoms with Gasteiger partial charge in [0.25, 0.3) is 5.56 Å². The van der Waals surface area contributed by atoms with E-state index in [4.69, 9.17) is 4.74 Å². The minimum Gasteiger partial charge on any atom is -0.388 e. The Balaban J connectivity index is 1.27. The topological polar surface area (TPSA) is 87.9 Å². The molecule has 2 fully saturated rings. The first kappa shape index (κ1) is 22.5. The van der Waals surface area contributed by atoms with Crippen molar-refractivity contribution < 1.29 is 14.6 Å². The van der Waals surface area contributed by atoms with Gasteiger partial charge in [-0.3, -0.25) is 14.2 Å². The third-order valence-corrected chi connectivity index (χ3v) is 6.53. The molecular formula is C24H32N4O4. The number of methoxy groups -OCH3 is 1. The summed E-state index contributed by atoms with van der Waals surface area (Å²) in [6.07, 6.45) is 3.61. The second kappa shape index (κ2) is 9.83. The number of anilines is 1. The van der Waals surface area contributed by atoms with Crippen LogP contribution in [-0.2, 0) is 22.5 Å². The van der Waals surface area contributed by atoms with Gasteiger partial charge in [0.15, 0.2) is 0 Å². The van der Waals surface area contributed by atoms with Gasteiger partial charge in [-0.1, -0.05) is 30.3 Å². The number of ether oxygens (including phenoxy) is 1. The van der Waals surface area contributed by atoms with Crippen molar-refractivity contribution in [1.29, 1.82) is 0 Å². The summed E-state index contributed by atoms with van der Waals surface area (Å²) in [5, 5.41) is 11.0. The van der Waals surface area contributed by atoms with Crippen LogP contribution in [0.4, 0.5) is 5.82 Å². The molecule has 0 unspecified atom stereocenters. The van der Waals surface area contributed by atoms with Crippen LogP contribution in [0.15, 0.2) is 47.5 Å². The molecular weight excluding hydrogens is 408 g/mol. The van der Waals surface area contributed by atoms with Crippen molar-refractivity contribution in [2.45, 2.75) is 37.8 Å². The van der Waals surface area contributed by atoms with Gasteiger partial charge in [0.2, 0.25) is 5.91 Å². The fourth-order valence-electron chi connectivity index (χ4n) is 4.51. The molecule has 0 spiro atoms. The highest BCUT2D eigenvalue weighted by Crippen LogP contribution is 2.25. The fraction of sp³-hybridized carbons (Fsp3) is 0.542. The quantitative estimate of drug-likeness (QED) is 0.666. The third kappa shape index (κ3) is 5.37. The van der Waals surface area contributed by atoms with Gasteiger partial charge in [-0.25, -0.2) is 4.98 Å². The predicted molar refractivity (Wildman–Crippen MR) is 122 cm³/mol. The molecule has 32 heavy (non-hydrogen) atoms. The summed E-state index contributed by atoms with van der Waals surface area (Å²) in [5.41, 5.74) is -0.0269. The minimum atomic E-state index is -1.01. The summed E-state index contributed by atoms with van der Waals surface area (Å²) < 4.78 is 6.63. The molecule has 8 heteroatoms. The maximum Gasteiger partial charge on any atom is 0.255 e. The Kier molecular flexibility index (Phi) is 6.91. The Bertz CT molecular complexity index is 963. The number of aromatic nitrogens is 2. The molecule has 1 aromatic heterocycles. The van der Waals surface area contributed by atoms with E-state index in [1.807, 2.05) is 35.2 Å². The van der Waals surface area contributed by atoms with Crippen LogP contribution in [0.5, 0.6) is 0 Å². The molecule has 0 aliphatic carbocycles. The van der Waals surface area contributed by atoms with Crippen LogP contribution in [0, 0.1) is 5.92 Å². The number of likely N-dealkylation sites (tertiary alicyclic amines) is 1. The minimum absolute atomic E-state index is 0.111. The van der Waals surface area contributed by atoms with Gasteiger partial charge in [-0.15, -0.1) is 0 Å². The smallest absolute Gasteiger partial charge is 0.255 e. The average molecular weight is 441 g/mol. The summed E-state index contributed by atoms with van der Waals surface area (Å²) in [5.74, 6) is 1.26. The Labute approximate surface area is 188 Å². The van der Waals surface area contributed by atoms with Gasteiger partial charge in [-0.05, 0) is 24.8 Å². The number of aliphatic hydroxyl groups is 1. The van der Waals surface area contributed by atoms with Gasteiger partial charge in [0, 0.05) is 51.7 Å². The van der Waals surface area contributed by atoms with Crippen LogP contribution >= 0.6 is 0 Å². The largest absolute Gasteiger partial charge is 0.388 e. The monoisotopic (exact) mass is 440 g/mol. The maximum absolute atomic E-state index is 12.6. The molecule has 0 bridgehead atoms. The SMILES string of the molecule is COCC1CN(c2cc(=O)n(CC3(O)CCN(C(=O)CCc4ccccc4)CC3)cn2)C1. The number of carbonyl (C=O) groups is 1. The van der Waals surface area contributed by atoms with Crippen LogP contribution in [-0.4, -0.2) is 71.0 Å². The van der Waals surface area contributed by atoms with Crippen LogP contribution in [0.1, 0.15) is 24.8 Å². The summed E-state index contributed by atoms with van der Waals surface area (Å²) in [6.45, 7) is 3.58. The molecule has 172 valence electrons. The van der Waals surface area contributed by atoms with Crippen LogP contribution in [0.2, 0.25) is 0 Å². The molecule has 2 aliphatic heterocycles. The standard InChI is InChI=1S/C24H32N4O4/c1-32-16-20-14-27(15-20)21-13-23(30)28(18-25-21)17-24(31)9-11-26(12-10-24)22(29)8-7-19-5-3-2-4-6-19/h2-6,13,18,20,31H,7-12,14-17H2,1H3. The van der Waals surface area contributed by atoms with Gasteiger partial charge in [-0.2, -0.15) is 0 Å². The summed E-state index contributed by atoms with van der Waals surface area (Å²) >= 11 is 0. The lowest BCUT2D eigenvalue weighted by molar-refractivity contribution is -0.135. The van der Waals surface area contributed by atoms with E-state index >= 15 is 0 Å². The van der Waals surface area contributed by atoms with Crippen LogP contribution in [0.25, 0.3) is 0 Å². The number of hydrogen-bond acceptors (Lipinski definition) is 6. The predicted octanol–water partition coefficient (Wildman–Crippen LogP) is 1.31. The number of aryl methyl sites for hydroxylation is 1. The summed E-state index contributed by atoms with van der Waals surface area (Å²) in [4.78, 5) is 33.5. The van der Waals surface area contributed by atoms with E-state index in [0.29, 0.717) is 50.7 Å². The number of benzene rings is 1. The molecule has 0 atom stereocenters. The zero-order valence-corrected chi connectivity index (χ0v) is 18.7. The average Bonchev–Trinajstić information content (AvgIpc) is 2.77. The van der Waals surface area contributed by atoms with E-state index in [1.54, 1.807) is 7.11 Å². The molecule has 1 amide bonds. The number of rotatable bonds is 8. The zero-order chi connectivity index (χ0) is 22.6. The maximum atomic E-state index is 12.6. The van der Waals surface area contributed by atoms with Crippen molar-refractivity contribution in [2.75, 3.05) is 44.8 Å². The Morgan fingerprint density at radius 2 is 1.94 bits per heavy atom. The molecule has 2 aromatic rings. The molecule has 2 saturated heterocycles. The van der Waals surface area contributed by atoms with E-state index in [2.05, 4.69) is 9.88 Å². The van der Waals surface area contributed by atoms with Crippen molar-refractivity contribution in [3.8, 4) is 0 Å².